The molecule has 0 aromatic rings. The molecule has 0 aromatic carbocycles. The molecule has 2 fully saturated rings. The third kappa shape index (κ3) is 2.57. The van der Waals surface area contributed by atoms with Crippen LogP contribution in [0.1, 0.15) is 59.8 Å². The number of hydrogen-bond donors (Lipinski definition) is 2. The van der Waals surface area contributed by atoms with Gasteiger partial charge in [0, 0.05) is 30.7 Å². The molecule has 3 heteroatoms. The SMILES string of the molecule is CCOC1CC(N)(CNCC2(CC)CCC2)C1(C)C. The fourth-order valence-electron chi connectivity index (χ4n) is 3.69. The molecule has 0 aliphatic heterocycles. The van der Waals surface area contributed by atoms with Gasteiger partial charge in [-0.25, -0.2) is 0 Å². The Kier molecular flexibility index (Phi) is 4.29. The van der Waals surface area contributed by atoms with Gasteiger partial charge in [-0.2, -0.15) is 0 Å². The first-order valence-electron chi connectivity index (χ1n) is 8.00. The summed E-state index contributed by atoms with van der Waals surface area (Å²) in [5, 5.41) is 3.66. The second-order valence-electron chi connectivity index (χ2n) is 7.34. The first kappa shape index (κ1) is 15.3. The predicted molar refractivity (Wildman–Crippen MR) is 80.2 cm³/mol. The highest BCUT2D eigenvalue weighted by Gasteiger charge is 2.58. The predicted octanol–water partition coefficient (Wildman–Crippen LogP) is 2.69. The van der Waals surface area contributed by atoms with E-state index in [0.29, 0.717) is 11.5 Å². The molecule has 2 aliphatic rings. The lowest BCUT2D eigenvalue weighted by molar-refractivity contribution is -0.148. The van der Waals surface area contributed by atoms with Gasteiger partial charge in [0.15, 0.2) is 0 Å². The Bertz CT molecular complexity index is 306. The molecular formula is C16H32N2O. The Labute approximate surface area is 118 Å². The van der Waals surface area contributed by atoms with Crippen LogP contribution in [0.15, 0.2) is 0 Å². The Balaban J connectivity index is 1.80. The normalized spacial score (nSPS) is 35.5. The third-order valence-corrected chi connectivity index (χ3v) is 6.11. The third-order valence-electron chi connectivity index (χ3n) is 6.11. The molecule has 2 atom stereocenters. The molecular weight excluding hydrogens is 236 g/mol. The highest BCUT2D eigenvalue weighted by atomic mass is 16.5. The summed E-state index contributed by atoms with van der Waals surface area (Å²) >= 11 is 0. The van der Waals surface area contributed by atoms with Crippen molar-refractivity contribution in [2.24, 2.45) is 16.6 Å². The van der Waals surface area contributed by atoms with Crippen molar-refractivity contribution in [3.8, 4) is 0 Å². The summed E-state index contributed by atoms with van der Waals surface area (Å²) in [5.74, 6) is 0. The number of nitrogens with one attached hydrogen (secondary N) is 1. The van der Waals surface area contributed by atoms with E-state index in [1.54, 1.807) is 0 Å². The second-order valence-corrected chi connectivity index (χ2v) is 7.34. The monoisotopic (exact) mass is 268 g/mol. The van der Waals surface area contributed by atoms with Gasteiger partial charge < -0.3 is 15.8 Å². The molecule has 2 unspecified atom stereocenters. The van der Waals surface area contributed by atoms with Crippen LogP contribution in [0.3, 0.4) is 0 Å². The standard InChI is InChI=1S/C16H32N2O/c1-5-15(8-7-9-15)11-18-12-16(17)10-13(19-6-2)14(16,3)4/h13,18H,5-12,17H2,1-4H3. The van der Waals surface area contributed by atoms with E-state index in [1.165, 1.54) is 25.7 Å². The molecule has 2 aliphatic carbocycles. The molecule has 2 rings (SSSR count). The topological polar surface area (TPSA) is 47.3 Å². The van der Waals surface area contributed by atoms with Crippen LogP contribution in [0.4, 0.5) is 0 Å². The lowest BCUT2D eigenvalue weighted by atomic mass is 9.54. The van der Waals surface area contributed by atoms with Crippen LogP contribution >= 0.6 is 0 Å². The average Bonchev–Trinajstić information content (AvgIpc) is 2.32. The Hall–Kier alpha value is -0.120. The molecule has 0 amide bonds. The number of nitrogens with two attached hydrogens (primary N) is 1. The van der Waals surface area contributed by atoms with E-state index < -0.39 is 0 Å². The zero-order chi connectivity index (χ0) is 14.1. The van der Waals surface area contributed by atoms with Crippen LogP contribution in [0.2, 0.25) is 0 Å². The number of hydrogen-bond acceptors (Lipinski definition) is 3. The maximum Gasteiger partial charge on any atom is 0.0662 e. The molecule has 3 nitrogen and oxygen atoms in total. The van der Waals surface area contributed by atoms with Gasteiger partial charge in [0.2, 0.25) is 0 Å². The van der Waals surface area contributed by atoms with E-state index in [-0.39, 0.29) is 11.0 Å². The highest BCUT2D eigenvalue weighted by Crippen LogP contribution is 2.49. The maximum atomic E-state index is 6.59. The van der Waals surface area contributed by atoms with Crippen LogP contribution in [0, 0.1) is 10.8 Å². The molecule has 112 valence electrons. The highest BCUT2D eigenvalue weighted by molar-refractivity contribution is 5.14. The minimum Gasteiger partial charge on any atom is -0.378 e. The van der Waals surface area contributed by atoms with E-state index >= 15 is 0 Å². The van der Waals surface area contributed by atoms with Crippen molar-refractivity contribution < 1.29 is 4.74 Å². The lowest BCUT2D eigenvalue weighted by Gasteiger charge is -2.59. The van der Waals surface area contributed by atoms with Crippen molar-refractivity contribution in [3.05, 3.63) is 0 Å². The molecule has 2 saturated carbocycles. The summed E-state index contributed by atoms with van der Waals surface area (Å²) in [5.41, 5.74) is 7.13. The quantitative estimate of drug-likeness (QED) is 0.746. The Morgan fingerprint density at radius 2 is 1.89 bits per heavy atom. The van der Waals surface area contributed by atoms with Gasteiger partial charge in [-0.15, -0.1) is 0 Å². The Morgan fingerprint density at radius 3 is 2.32 bits per heavy atom. The maximum absolute atomic E-state index is 6.59. The van der Waals surface area contributed by atoms with Crippen molar-refractivity contribution in [3.63, 3.8) is 0 Å². The lowest BCUT2D eigenvalue weighted by Crippen LogP contribution is -2.73. The fraction of sp³-hybridized carbons (Fsp3) is 1.00. The number of rotatable bonds is 7. The summed E-state index contributed by atoms with van der Waals surface area (Å²) in [6.07, 6.45) is 6.79. The van der Waals surface area contributed by atoms with Crippen molar-refractivity contribution in [2.45, 2.75) is 71.4 Å². The molecule has 0 saturated heterocycles. The fourth-order valence-corrected chi connectivity index (χ4v) is 3.69. The van der Waals surface area contributed by atoms with Gasteiger partial charge in [0.25, 0.3) is 0 Å². The van der Waals surface area contributed by atoms with Crippen molar-refractivity contribution in [1.82, 2.24) is 5.32 Å². The van der Waals surface area contributed by atoms with Gasteiger partial charge in [0.1, 0.15) is 0 Å². The summed E-state index contributed by atoms with van der Waals surface area (Å²) in [4.78, 5) is 0. The molecule has 0 spiro atoms. The molecule has 19 heavy (non-hydrogen) atoms. The zero-order valence-corrected chi connectivity index (χ0v) is 13.2. The second kappa shape index (κ2) is 5.34. The largest absolute Gasteiger partial charge is 0.378 e. The van der Waals surface area contributed by atoms with E-state index in [2.05, 4.69) is 33.0 Å². The first-order chi connectivity index (χ1) is 8.89. The van der Waals surface area contributed by atoms with Gasteiger partial charge in [-0.1, -0.05) is 27.2 Å². The van der Waals surface area contributed by atoms with Crippen molar-refractivity contribution >= 4 is 0 Å². The van der Waals surface area contributed by atoms with Gasteiger partial charge in [-0.3, -0.25) is 0 Å². The van der Waals surface area contributed by atoms with Crippen LogP contribution in [-0.4, -0.2) is 31.3 Å². The average molecular weight is 268 g/mol. The summed E-state index contributed by atoms with van der Waals surface area (Å²) in [6.45, 7) is 11.7. The van der Waals surface area contributed by atoms with Crippen LogP contribution < -0.4 is 11.1 Å². The first-order valence-corrected chi connectivity index (χ1v) is 8.00. The molecule has 0 bridgehead atoms. The van der Waals surface area contributed by atoms with E-state index in [1.807, 2.05) is 0 Å². The van der Waals surface area contributed by atoms with Crippen LogP contribution in [0.5, 0.6) is 0 Å². The van der Waals surface area contributed by atoms with E-state index in [0.717, 1.165) is 26.1 Å². The minimum atomic E-state index is -0.106. The van der Waals surface area contributed by atoms with Gasteiger partial charge in [0.05, 0.1) is 6.10 Å². The Morgan fingerprint density at radius 1 is 1.21 bits per heavy atom. The van der Waals surface area contributed by atoms with E-state index in [4.69, 9.17) is 10.5 Å². The minimum absolute atomic E-state index is 0.0784. The van der Waals surface area contributed by atoms with E-state index in [9.17, 15) is 0 Å². The summed E-state index contributed by atoms with van der Waals surface area (Å²) in [6, 6.07) is 0. The number of ether oxygens (including phenoxy) is 1. The zero-order valence-electron chi connectivity index (χ0n) is 13.2. The van der Waals surface area contributed by atoms with Crippen molar-refractivity contribution in [1.29, 1.82) is 0 Å². The van der Waals surface area contributed by atoms with Crippen LogP contribution in [0.25, 0.3) is 0 Å². The molecule has 0 heterocycles. The van der Waals surface area contributed by atoms with Crippen LogP contribution in [-0.2, 0) is 4.74 Å². The molecule has 0 aromatic heterocycles. The summed E-state index contributed by atoms with van der Waals surface area (Å²) in [7, 11) is 0. The molecule has 3 N–H and O–H groups in total. The smallest absolute Gasteiger partial charge is 0.0662 e. The van der Waals surface area contributed by atoms with Gasteiger partial charge >= 0.3 is 0 Å². The van der Waals surface area contributed by atoms with Crippen molar-refractivity contribution in [2.75, 3.05) is 19.7 Å². The van der Waals surface area contributed by atoms with Gasteiger partial charge in [-0.05, 0) is 38.0 Å². The molecule has 0 radical (unpaired) electrons. The summed E-state index contributed by atoms with van der Waals surface area (Å²) < 4.78 is 5.78.